The van der Waals surface area contributed by atoms with Gasteiger partial charge in [-0.3, -0.25) is 14.7 Å². The summed E-state index contributed by atoms with van der Waals surface area (Å²) in [5.41, 5.74) is 5.22. The summed E-state index contributed by atoms with van der Waals surface area (Å²) in [5, 5.41) is 3.33. The van der Waals surface area contributed by atoms with Crippen LogP contribution in [0.1, 0.15) is 42.0 Å². The zero-order chi connectivity index (χ0) is 18.1. The maximum atomic E-state index is 11.1. The van der Waals surface area contributed by atoms with E-state index in [9.17, 15) is 4.79 Å². The van der Waals surface area contributed by atoms with E-state index >= 15 is 0 Å². The Kier molecular flexibility index (Phi) is 4.89. The Morgan fingerprint density at radius 2 is 2.08 bits per heavy atom. The molecule has 3 fully saturated rings. The third kappa shape index (κ3) is 3.45. The van der Waals surface area contributed by atoms with E-state index in [0.29, 0.717) is 12.3 Å². The predicted molar refractivity (Wildman–Crippen MR) is 99.8 cm³/mol. The molecule has 1 aromatic heterocycles. The van der Waals surface area contributed by atoms with Crippen molar-refractivity contribution in [1.82, 2.24) is 15.1 Å². The summed E-state index contributed by atoms with van der Waals surface area (Å²) in [6.07, 6.45) is 5.78. The van der Waals surface area contributed by atoms with Gasteiger partial charge in [0.05, 0.1) is 6.54 Å². The number of nitrogens with zero attached hydrogens (tertiary/aromatic N) is 3. The van der Waals surface area contributed by atoms with Crippen molar-refractivity contribution < 1.29 is 9.21 Å². The van der Waals surface area contributed by atoms with Crippen LogP contribution < -0.4 is 11.1 Å². The van der Waals surface area contributed by atoms with Crippen LogP contribution in [0.2, 0.25) is 0 Å². The Morgan fingerprint density at radius 3 is 2.65 bits per heavy atom. The first-order chi connectivity index (χ1) is 12.6. The molecule has 26 heavy (non-hydrogen) atoms. The molecular formula is C19H29N5O2. The minimum absolute atomic E-state index is 0.191. The van der Waals surface area contributed by atoms with Crippen LogP contribution >= 0.6 is 0 Å². The molecule has 3 N–H and O–H groups in total. The van der Waals surface area contributed by atoms with Gasteiger partial charge in [0, 0.05) is 39.3 Å². The minimum Gasteiger partial charge on any atom is -0.454 e. The van der Waals surface area contributed by atoms with Gasteiger partial charge in [0.2, 0.25) is 0 Å². The van der Waals surface area contributed by atoms with Crippen molar-refractivity contribution in [2.75, 3.05) is 33.2 Å². The summed E-state index contributed by atoms with van der Waals surface area (Å²) in [6, 6.07) is 4.20. The maximum Gasteiger partial charge on any atom is 0.284 e. The first-order valence-corrected chi connectivity index (χ1v) is 9.72. The van der Waals surface area contributed by atoms with Crippen molar-refractivity contribution in [2.24, 2.45) is 22.6 Å². The number of nitrogens with two attached hydrogens (primary N) is 1. The number of amides is 1. The molecule has 2 bridgehead atoms. The zero-order valence-corrected chi connectivity index (χ0v) is 15.5. The van der Waals surface area contributed by atoms with Crippen LogP contribution in [-0.4, -0.2) is 60.9 Å². The van der Waals surface area contributed by atoms with Crippen LogP contribution in [0, 0.1) is 11.8 Å². The van der Waals surface area contributed by atoms with Crippen molar-refractivity contribution in [3.8, 4) is 0 Å². The van der Waals surface area contributed by atoms with Crippen LogP contribution in [0.3, 0.4) is 0 Å². The molecule has 7 heteroatoms. The monoisotopic (exact) mass is 359 g/mol. The number of aliphatic imine (C=N–C) groups is 1. The van der Waals surface area contributed by atoms with Gasteiger partial charge >= 0.3 is 0 Å². The molecule has 1 aliphatic heterocycles. The Hall–Kier alpha value is -2.02. The Balaban J connectivity index is 1.27. The molecule has 3 aliphatic rings. The lowest BCUT2D eigenvalue weighted by molar-refractivity contribution is 0.0956. The van der Waals surface area contributed by atoms with Gasteiger partial charge in [-0.1, -0.05) is 6.42 Å². The Morgan fingerprint density at radius 1 is 1.27 bits per heavy atom. The maximum absolute atomic E-state index is 11.1. The second kappa shape index (κ2) is 7.31. The highest BCUT2D eigenvalue weighted by Crippen LogP contribution is 2.46. The van der Waals surface area contributed by atoms with Crippen molar-refractivity contribution in [2.45, 2.75) is 38.3 Å². The molecule has 1 saturated heterocycles. The molecule has 2 saturated carbocycles. The summed E-state index contributed by atoms with van der Waals surface area (Å²) in [4.78, 5) is 20.5. The van der Waals surface area contributed by atoms with Gasteiger partial charge in [0.15, 0.2) is 11.7 Å². The molecule has 4 rings (SSSR count). The number of rotatable bonds is 4. The van der Waals surface area contributed by atoms with Crippen LogP contribution in [0.15, 0.2) is 21.5 Å². The average molecular weight is 359 g/mol. The van der Waals surface area contributed by atoms with Crippen molar-refractivity contribution >= 4 is 11.9 Å². The Labute approximate surface area is 154 Å². The van der Waals surface area contributed by atoms with E-state index in [1.807, 2.05) is 7.05 Å². The number of primary amides is 1. The molecule has 2 aliphatic carbocycles. The van der Waals surface area contributed by atoms with E-state index in [0.717, 1.165) is 50.0 Å². The molecular weight excluding hydrogens is 330 g/mol. The van der Waals surface area contributed by atoms with Crippen LogP contribution in [0.4, 0.5) is 0 Å². The standard InChI is InChI=1S/C19H29N5O2/c1-21-19(22-12-15-4-5-17(26-15)18(20)25)24-8-6-23(7-9-24)16-11-13-2-3-14(16)10-13/h4-5,13-14,16H,2-3,6-12H2,1H3,(H2,20,25)(H,21,22). The summed E-state index contributed by atoms with van der Waals surface area (Å²) in [6.45, 7) is 4.71. The van der Waals surface area contributed by atoms with Crippen LogP contribution in [-0.2, 0) is 6.54 Å². The van der Waals surface area contributed by atoms with Crippen molar-refractivity contribution in [3.05, 3.63) is 23.7 Å². The third-order valence-electron chi connectivity index (χ3n) is 6.32. The fraction of sp³-hybridized carbons (Fsp3) is 0.684. The fourth-order valence-electron chi connectivity index (χ4n) is 5.03. The molecule has 0 aromatic carbocycles. The number of carbonyl (C=O) groups excluding carboxylic acids is 1. The topological polar surface area (TPSA) is 87.1 Å². The molecule has 3 unspecified atom stereocenters. The molecule has 1 amide bonds. The smallest absolute Gasteiger partial charge is 0.284 e. The van der Waals surface area contributed by atoms with E-state index in [-0.39, 0.29) is 5.76 Å². The molecule has 142 valence electrons. The lowest BCUT2D eigenvalue weighted by Crippen LogP contribution is -2.55. The van der Waals surface area contributed by atoms with E-state index in [4.69, 9.17) is 10.2 Å². The van der Waals surface area contributed by atoms with Crippen molar-refractivity contribution in [1.29, 1.82) is 0 Å². The van der Waals surface area contributed by atoms with Gasteiger partial charge in [-0.25, -0.2) is 0 Å². The Bertz CT molecular complexity index is 677. The number of hydrogen-bond acceptors (Lipinski definition) is 4. The number of piperazine rings is 1. The summed E-state index contributed by atoms with van der Waals surface area (Å²) in [7, 11) is 1.81. The number of furan rings is 1. The normalized spacial score (nSPS) is 29.3. The number of guanidine groups is 1. The minimum atomic E-state index is -0.544. The first kappa shape index (κ1) is 17.4. The van der Waals surface area contributed by atoms with Gasteiger partial charge in [0.1, 0.15) is 5.76 Å². The van der Waals surface area contributed by atoms with Crippen LogP contribution in [0.5, 0.6) is 0 Å². The first-order valence-electron chi connectivity index (χ1n) is 9.72. The number of nitrogens with one attached hydrogen (secondary N) is 1. The highest BCUT2D eigenvalue weighted by Gasteiger charge is 2.42. The zero-order valence-electron chi connectivity index (χ0n) is 15.5. The average Bonchev–Trinajstić information content (AvgIpc) is 3.39. The van der Waals surface area contributed by atoms with E-state index in [2.05, 4.69) is 20.1 Å². The fourth-order valence-corrected chi connectivity index (χ4v) is 5.03. The lowest BCUT2D eigenvalue weighted by atomic mass is 9.93. The molecule has 1 aromatic rings. The van der Waals surface area contributed by atoms with E-state index in [1.54, 1.807) is 12.1 Å². The van der Waals surface area contributed by atoms with Gasteiger partial charge in [-0.05, 0) is 43.2 Å². The molecule has 7 nitrogen and oxygen atoms in total. The number of hydrogen-bond donors (Lipinski definition) is 2. The quantitative estimate of drug-likeness (QED) is 0.624. The third-order valence-corrected chi connectivity index (χ3v) is 6.32. The summed E-state index contributed by atoms with van der Waals surface area (Å²) >= 11 is 0. The second-order valence-corrected chi connectivity index (χ2v) is 7.80. The van der Waals surface area contributed by atoms with Gasteiger partial charge < -0.3 is 20.4 Å². The number of carbonyl (C=O) groups is 1. The molecule has 0 radical (unpaired) electrons. The predicted octanol–water partition coefficient (Wildman–Crippen LogP) is 1.26. The summed E-state index contributed by atoms with van der Waals surface area (Å²) in [5.74, 6) is 3.15. The number of fused-ring (bicyclic) bond motifs is 2. The largest absolute Gasteiger partial charge is 0.454 e. The second-order valence-electron chi connectivity index (χ2n) is 7.80. The van der Waals surface area contributed by atoms with E-state index in [1.165, 1.54) is 25.7 Å². The summed E-state index contributed by atoms with van der Waals surface area (Å²) < 4.78 is 5.42. The van der Waals surface area contributed by atoms with Crippen molar-refractivity contribution in [3.63, 3.8) is 0 Å². The molecule has 3 atom stereocenters. The van der Waals surface area contributed by atoms with Gasteiger partial charge in [-0.15, -0.1) is 0 Å². The van der Waals surface area contributed by atoms with Gasteiger partial charge in [-0.2, -0.15) is 0 Å². The highest BCUT2D eigenvalue weighted by molar-refractivity contribution is 5.89. The SMILES string of the molecule is CN=C(NCc1ccc(C(N)=O)o1)N1CCN(C2CC3CCC2C3)CC1. The van der Waals surface area contributed by atoms with E-state index < -0.39 is 5.91 Å². The van der Waals surface area contributed by atoms with Gasteiger partial charge in [0.25, 0.3) is 5.91 Å². The highest BCUT2D eigenvalue weighted by atomic mass is 16.3. The molecule has 0 spiro atoms. The molecule has 2 heterocycles. The lowest BCUT2D eigenvalue weighted by Gasteiger charge is -2.41. The van der Waals surface area contributed by atoms with Crippen LogP contribution in [0.25, 0.3) is 0 Å².